The van der Waals surface area contributed by atoms with E-state index in [-0.39, 0.29) is 0 Å². The molecule has 4 heteroatoms. The number of aryl methyl sites for hydroxylation is 1. The summed E-state index contributed by atoms with van der Waals surface area (Å²) in [6, 6.07) is 4.07. The van der Waals surface area contributed by atoms with E-state index in [1.165, 1.54) is 23.0 Å². The molecule has 90 valence electrons. The summed E-state index contributed by atoms with van der Waals surface area (Å²) in [7, 11) is 0. The van der Waals surface area contributed by atoms with Gasteiger partial charge in [-0.05, 0) is 0 Å². The van der Waals surface area contributed by atoms with Crippen LogP contribution in [0.2, 0.25) is 4.44 Å². The van der Waals surface area contributed by atoms with Crippen molar-refractivity contribution in [1.82, 2.24) is 9.97 Å². The summed E-state index contributed by atoms with van der Waals surface area (Å²) in [5.74, 6) is 0. The molecule has 0 aliphatic carbocycles. The monoisotopic (exact) mass is 354 g/mol. The minimum absolute atomic E-state index is 0.747. The molecule has 0 radical (unpaired) electrons. The van der Waals surface area contributed by atoms with Crippen LogP contribution in [0.3, 0.4) is 0 Å². The van der Waals surface area contributed by atoms with Crippen molar-refractivity contribution in [3.05, 3.63) is 30.2 Å². The van der Waals surface area contributed by atoms with Gasteiger partial charge < -0.3 is 0 Å². The molecule has 0 aliphatic heterocycles. The van der Waals surface area contributed by atoms with Gasteiger partial charge in [-0.15, -0.1) is 0 Å². The van der Waals surface area contributed by atoms with E-state index in [2.05, 4.69) is 24.9 Å². The van der Waals surface area contributed by atoms with Gasteiger partial charge in [0.2, 0.25) is 0 Å². The average Bonchev–Trinajstić information content (AvgIpc) is 2.73. The van der Waals surface area contributed by atoms with Crippen LogP contribution in [-0.4, -0.2) is 31.1 Å². The summed E-state index contributed by atoms with van der Waals surface area (Å²) >= 11 is 1.16. The third-order valence-corrected chi connectivity index (χ3v) is 11.7. The van der Waals surface area contributed by atoms with E-state index in [9.17, 15) is 0 Å². The number of unbranched alkanes of at least 4 members (excludes halogenated alkanes) is 1. The van der Waals surface area contributed by atoms with E-state index in [1.54, 1.807) is 2.89 Å². The van der Waals surface area contributed by atoms with Crippen LogP contribution in [0.5, 0.6) is 0 Å². The van der Waals surface area contributed by atoms with Gasteiger partial charge >= 0.3 is 117 Å². The van der Waals surface area contributed by atoms with Crippen molar-refractivity contribution in [2.24, 2.45) is 0 Å². The summed E-state index contributed by atoms with van der Waals surface area (Å²) in [5.41, 5.74) is 2.44. The molecule has 0 amide bonds. The predicted molar refractivity (Wildman–Crippen MR) is 78.0 cm³/mol. The second-order valence-electron chi connectivity index (χ2n) is 4.23. The van der Waals surface area contributed by atoms with Crippen molar-refractivity contribution in [3.8, 4) is 10.6 Å². The van der Waals surface area contributed by atoms with Crippen LogP contribution in [-0.2, 0) is 0 Å². The Hall–Kier alpha value is -0.421. The molecule has 0 aromatic carbocycles. The molecular formula is C13H18N2SSn. The van der Waals surface area contributed by atoms with Crippen LogP contribution in [0.15, 0.2) is 24.5 Å². The predicted octanol–water partition coefficient (Wildman–Crippen LogP) is 2.53. The molecular weight excluding hydrogens is 335 g/mol. The van der Waals surface area contributed by atoms with Crippen LogP contribution in [0.25, 0.3) is 10.6 Å². The minimum atomic E-state index is -0.747. The molecule has 2 rings (SSSR count). The second kappa shape index (κ2) is 6.49. The Morgan fingerprint density at radius 1 is 1.41 bits per heavy atom. The Labute approximate surface area is 117 Å². The van der Waals surface area contributed by atoms with E-state index in [0.717, 1.165) is 10.6 Å². The maximum atomic E-state index is 4.69. The molecule has 0 atom stereocenters. The van der Waals surface area contributed by atoms with Gasteiger partial charge in [-0.2, -0.15) is 0 Å². The molecule has 2 heterocycles. The van der Waals surface area contributed by atoms with E-state index >= 15 is 0 Å². The van der Waals surface area contributed by atoms with Gasteiger partial charge in [-0.3, -0.25) is 0 Å². The van der Waals surface area contributed by atoms with Crippen molar-refractivity contribution in [2.75, 3.05) is 0 Å². The maximum absolute atomic E-state index is 4.69. The zero-order valence-corrected chi connectivity index (χ0v) is 15.3. The summed E-state index contributed by atoms with van der Waals surface area (Å²) in [4.78, 5) is 8.85. The van der Waals surface area contributed by atoms with Crippen LogP contribution in [0.1, 0.15) is 25.5 Å². The first-order chi connectivity index (χ1) is 8.31. The van der Waals surface area contributed by atoms with Crippen molar-refractivity contribution in [1.29, 1.82) is 0 Å². The summed E-state index contributed by atoms with van der Waals surface area (Å²) in [5, 5.41) is 1.15. The first-order valence-corrected chi connectivity index (χ1v) is 11.9. The fraction of sp³-hybridized carbons (Fsp3) is 0.385. The molecule has 0 spiro atoms. The van der Waals surface area contributed by atoms with Gasteiger partial charge in [-0.25, -0.2) is 0 Å². The first-order valence-electron chi connectivity index (χ1n) is 6.18. The topological polar surface area (TPSA) is 25.8 Å². The molecule has 0 aliphatic rings. The van der Waals surface area contributed by atoms with Crippen molar-refractivity contribution in [2.45, 2.75) is 31.1 Å². The molecule has 0 saturated heterocycles. The summed E-state index contributed by atoms with van der Waals surface area (Å²) < 4.78 is 3.12. The fourth-order valence-electron chi connectivity index (χ4n) is 1.81. The SMILES string of the molecule is CCC[CH2][SnH2][c]1sc(-c2cccnc2)nc1C. The van der Waals surface area contributed by atoms with Gasteiger partial charge in [0.05, 0.1) is 0 Å². The molecule has 2 nitrogen and oxygen atoms in total. The Kier molecular flexibility index (Phi) is 4.97. The van der Waals surface area contributed by atoms with Crippen LogP contribution in [0.4, 0.5) is 0 Å². The number of thiazole rings is 1. The Morgan fingerprint density at radius 2 is 2.29 bits per heavy atom. The number of pyridine rings is 1. The van der Waals surface area contributed by atoms with Crippen LogP contribution in [0, 0.1) is 6.92 Å². The van der Waals surface area contributed by atoms with E-state index < -0.39 is 21.1 Å². The zero-order chi connectivity index (χ0) is 12.1. The molecule has 0 saturated carbocycles. The molecule has 2 aromatic heterocycles. The molecule has 17 heavy (non-hydrogen) atoms. The van der Waals surface area contributed by atoms with Crippen LogP contribution < -0.4 is 2.89 Å². The number of hydrogen-bond acceptors (Lipinski definition) is 3. The van der Waals surface area contributed by atoms with E-state index in [0.29, 0.717) is 0 Å². The first kappa shape index (κ1) is 13.0. The fourth-order valence-corrected chi connectivity index (χ4v) is 10.1. The normalized spacial score (nSPS) is 11.4. The number of hydrogen-bond donors (Lipinski definition) is 0. The number of rotatable bonds is 5. The van der Waals surface area contributed by atoms with E-state index in [4.69, 9.17) is 4.98 Å². The quantitative estimate of drug-likeness (QED) is 0.610. The molecule has 0 N–H and O–H groups in total. The van der Waals surface area contributed by atoms with Crippen molar-refractivity contribution < 1.29 is 0 Å². The molecule has 2 aromatic rings. The van der Waals surface area contributed by atoms with Gasteiger partial charge in [0.15, 0.2) is 0 Å². The van der Waals surface area contributed by atoms with Crippen molar-refractivity contribution >= 4 is 35.4 Å². The molecule has 0 unspecified atom stereocenters. The third kappa shape index (κ3) is 3.52. The van der Waals surface area contributed by atoms with Crippen LogP contribution >= 0.6 is 11.3 Å². The summed E-state index contributed by atoms with van der Waals surface area (Å²) in [6.45, 7) is 4.43. The van der Waals surface area contributed by atoms with E-state index in [1.807, 2.05) is 29.8 Å². The standard InChI is InChI=1S/C9H7N2S.C4H9.Sn.2H/c1-7-6-12-9(11-7)8-3-2-4-10-5-8;1-3-4-2;;;/h2-5H,1H3;1,3-4H2,2H3;;;. The van der Waals surface area contributed by atoms with Crippen molar-refractivity contribution in [3.63, 3.8) is 0 Å². The van der Waals surface area contributed by atoms with Gasteiger partial charge in [0.1, 0.15) is 0 Å². The second-order valence-corrected chi connectivity index (χ2v) is 12.2. The van der Waals surface area contributed by atoms with Gasteiger partial charge in [-0.1, -0.05) is 0 Å². The Balaban J connectivity index is 2.13. The average molecular weight is 353 g/mol. The third-order valence-electron chi connectivity index (χ3n) is 2.81. The van der Waals surface area contributed by atoms with Gasteiger partial charge in [0.25, 0.3) is 0 Å². The van der Waals surface area contributed by atoms with Gasteiger partial charge in [0, 0.05) is 0 Å². The molecule has 0 bridgehead atoms. The zero-order valence-electron chi connectivity index (χ0n) is 10.4. The Bertz CT molecular complexity index is 468. The molecule has 0 fully saturated rings. The summed E-state index contributed by atoms with van der Waals surface area (Å²) in [6.07, 6.45) is 6.44. The number of aromatic nitrogens is 2. The Morgan fingerprint density at radius 3 is 3.00 bits per heavy atom. The number of nitrogens with zero attached hydrogens (tertiary/aromatic N) is 2.